The van der Waals surface area contributed by atoms with Gasteiger partial charge >= 0.3 is 23.9 Å². The summed E-state index contributed by atoms with van der Waals surface area (Å²) in [6.45, 7) is 5.77. The maximum absolute atomic E-state index is 13.1. The summed E-state index contributed by atoms with van der Waals surface area (Å²) in [5.74, 6) is -3.25. The number of carbonyl (C=O) groups is 4. The number of esters is 3. The molecular weight excluding hydrogens is 877 g/mol. The number of aliphatic hydroxyl groups excluding tert-OH is 2. The molecule has 12 nitrogen and oxygen atoms in total. The van der Waals surface area contributed by atoms with Gasteiger partial charge in [0.25, 0.3) is 0 Å². The molecule has 0 aromatic rings. The molecule has 1 fully saturated rings. The first-order valence-electron chi connectivity index (χ1n) is 26.9. The summed E-state index contributed by atoms with van der Waals surface area (Å²) in [4.78, 5) is 50.8. The van der Waals surface area contributed by atoms with Crippen molar-refractivity contribution in [1.29, 1.82) is 0 Å². The van der Waals surface area contributed by atoms with Gasteiger partial charge in [0.05, 0.1) is 6.61 Å². The molecular formula is C57H94O12. The fraction of sp³-hybridized carbons (Fsp3) is 0.719. The first-order chi connectivity index (χ1) is 33.6. The van der Waals surface area contributed by atoms with E-state index in [0.717, 1.165) is 96.3 Å². The van der Waals surface area contributed by atoms with E-state index >= 15 is 0 Å². The number of aliphatic carboxylic acids is 1. The Hall–Kier alpha value is -3.84. The minimum atomic E-state index is -1.93. The van der Waals surface area contributed by atoms with E-state index in [1.54, 1.807) is 0 Å². The van der Waals surface area contributed by atoms with Crippen LogP contribution in [-0.4, -0.2) is 89.2 Å². The van der Waals surface area contributed by atoms with Crippen molar-refractivity contribution in [3.05, 3.63) is 72.9 Å². The van der Waals surface area contributed by atoms with Gasteiger partial charge in [0.2, 0.25) is 0 Å². The standard InChI is InChI=1S/C57H94O12/c1-4-7-10-13-16-19-22-25-28-31-34-37-40-43-49(58)65-46-48(67-50(59)44-41-38-35-32-29-26-23-20-17-14-11-8-5-2)47-66-57-55(53(62)52(61)54(69-57)56(63)64)68-51(60)45-42-39-36-33-30-27-24-21-18-15-12-9-6-3/h9,12,18-23,27,30,36,39,48,52-55,57,61-62H,4-8,10-11,13-17,24-26,28-29,31-35,37-38,40-47H2,1-3H3,(H,63,64)/b12-9-,21-18-,22-19-,23-20-,30-27-,39-36-. The molecule has 0 saturated carbocycles. The summed E-state index contributed by atoms with van der Waals surface area (Å²) < 4.78 is 28.2. The van der Waals surface area contributed by atoms with E-state index in [4.69, 9.17) is 23.7 Å². The van der Waals surface area contributed by atoms with Crippen LogP contribution in [0.2, 0.25) is 0 Å². The van der Waals surface area contributed by atoms with E-state index in [1.807, 2.05) is 18.2 Å². The maximum atomic E-state index is 13.1. The van der Waals surface area contributed by atoms with Crippen LogP contribution in [0.1, 0.15) is 213 Å². The smallest absolute Gasteiger partial charge is 0.335 e. The lowest BCUT2D eigenvalue weighted by atomic mass is 9.98. The Labute approximate surface area is 417 Å². The molecule has 0 bridgehead atoms. The normalized spacial score (nSPS) is 19.2. The number of hydrogen-bond acceptors (Lipinski definition) is 11. The average molecular weight is 971 g/mol. The molecule has 394 valence electrons. The zero-order valence-corrected chi connectivity index (χ0v) is 43.0. The number of aliphatic hydroxyl groups is 2. The number of carboxylic acid groups (broad SMARTS) is 1. The zero-order valence-electron chi connectivity index (χ0n) is 43.0. The molecule has 6 unspecified atom stereocenters. The molecule has 1 aliphatic rings. The van der Waals surface area contributed by atoms with Crippen LogP contribution in [0.3, 0.4) is 0 Å². The largest absolute Gasteiger partial charge is 0.479 e. The van der Waals surface area contributed by atoms with E-state index in [-0.39, 0.29) is 25.9 Å². The van der Waals surface area contributed by atoms with Gasteiger partial charge in [-0.05, 0) is 96.3 Å². The van der Waals surface area contributed by atoms with Crippen LogP contribution >= 0.6 is 0 Å². The highest BCUT2D eigenvalue weighted by molar-refractivity contribution is 5.74. The SMILES string of the molecule is CC/C=C\C/C=C\C/C=C\C/C=C\CCC(=O)OC1C(OCC(COC(=O)CCCCCCC/C=C\CCCCCC)OC(=O)CCCCCCC/C=C\CCCCCC)OC(C(=O)O)C(O)C1O. The van der Waals surface area contributed by atoms with Gasteiger partial charge in [-0.2, -0.15) is 0 Å². The Balaban J connectivity index is 2.78. The highest BCUT2D eigenvalue weighted by Gasteiger charge is 2.50. The number of carboxylic acids is 1. The molecule has 69 heavy (non-hydrogen) atoms. The number of unbranched alkanes of at least 4 members (excludes halogenated alkanes) is 18. The lowest BCUT2D eigenvalue weighted by molar-refractivity contribution is -0.301. The Morgan fingerprint density at radius 1 is 0.493 bits per heavy atom. The molecule has 1 saturated heterocycles. The summed E-state index contributed by atoms with van der Waals surface area (Å²) in [6.07, 6.45) is 43.3. The summed E-state index contributed by atoms with van der Waals surface area (Å²) in [6, 6.07) is 0. The third-order valence-electron chi connectivity index (χ3n) is 11.8. The summed E-state index contributed by atoms with van der Waals surface area (Å²) in [5.41, 5.74) is 0. The molecule has 0 radical (unpaired) electrons. The summed E-state index contributed by atoms with van der Waals surface area (Å²) in [7, 11) is 0. The minimum absolute atomic E-state index is 0.0638. The number of carbonyl (C=O) groups excluding carboxylic acids is 3. The molecule has 1 aliphatic heterocycles. The van der Waals surface area contributed by atoms with E-state index in [1.165, 1.54) is 51.4 Å². The third-order valence-corrected chi connectivity index (χ3v) is 11.8. The molecule has 0 aliphatic carbocycles. The lowest BCUT2D eigenvalue weighted by Gasteiger charge is -2.40. The molecule has 0 aromatic heterocycles. The summed E-state index contributed by atoms with van der Waals surface area (Å²) >= 11 is 0. The van der Waals surface area contributed by atoms with Crippen molar-refractivity contribution in [2.45, 2.75) is 250 Å². The molecule has 1 heterocycles. The van der Waals surface area contributed by atoms with Crippen LogP contribution < -0.4 is 0 Å². The lowest BCUT2D eigenvalue weighted by Crippen LogP contribution is -2.61. The Kier molecular flexibility index (Phi) is 41.5. The second-order valence-corrected chi connectivity index (χ2v) is 18.1. The maximum Gasteiger partial charge on any atom is 0.335 e. The highest BCUT2D eigenvalue weighted by Crippen LogP contribution is 2.26. The van der Waals surface area contributed by atoms with Gasteiger partial charge in [-0.15, -0.1) is 0 Å². The van der Waals surface area contributed by atoms with Gasteiger partial charge in [-0.3, -0.25) is 14.4 Å². The first kappa shape index (κ1) is 63.2. The molecule has 3 N–H and O–H groups in total. The van der Waals surface area contributed by atoms with Gasteiger partial charge in [0, 0.05) is 19.3 Å². The molecule has 0 amide bonds. The Bertz CT molecular complexity index is 1480. The molecule has 12 heteroatoms. The van der Waals surface area contributed by atoms with Crippen molar-refractivity contribution in [2.75, 3.05) is 13.2 Å². The van der Waals surface area contributed by atoms with E-state index in [9.17, 15) is 34.5 Å². The van der Waals surface area contributed by atoms with Crippen molar-refractivity contribution < 1.29 is 58.2 Å². The first-order valence-corrected chi connectivity index (χ1v) is 26.9. The number of rotatable bonds is 44. The molecule has 0 spiro atoms. The fourth-order valence-corrected chi connectivity index (χ4v) is 7.60. The van der Waals surface area contributed by atoms with E-state index in [0.29, 0.717) is 25.7 Å². The van der Waals surface area contributed by atoms with Gasteiger partial charge in [-0.1, -0.05) is 171 Å². The molecule has 1 rings (SSSR count). The van der Waals surface area contributed by atoms with Gasteiger partial charge in [-0.25, -0.2) is 4.79 Å². The highest BCUT2D eigenvalue weighted by atomic mass is 16.7. The van der Waals surface area contributed by atoms with Crippen LogP contribution in [0.4, 0.5) is 0 Å². The fourth-order valence-electron chi connectivity index (χ4n) is 7.60. The second-order valence-electron chi connectivity index (χ2n) is 18.1. The van der Waals surface area contributed by atoms with Crippen molar-refractivity contribution >= 4 is 23.9 Å². The van der Waals surface area contributed by atoms with Crippen molar-refractivity contribution in [3.63, 3.8) is 0 Å². The van der Waals surface area contributed by atoms with Crippen LogP contribution in [0.5, 0.6) is 0 Å². The van der Waals surface area contributed by atoms with Gasteiger partial charge < -0.3 is 39.0 Å². The topological polar surface area (TPSA) is 175 Å². The van der Waals surface area contributed by atoms with E-state index in [2.05, 4.69) is 75.5 Å². The average Bonchev–Trinajstić information content (AvgIpc) is 3.33. The molecule has 6 atom stereocenters. The quantitative estimate of drug-likeness (QED) is 0.0228. The minimum Gasteiger partial charge on any atom is -0.479 e. The van der Waals surface area contributed by atoms with Crippen LogP contribution in [-0.2, 0) is 42.9 Å². The second kappa shape index (κ2) is 45.3. The number of ether oxygens (including phenoxy) is 5. The van der Waals surface area contributed by atoms with Crippen molar-refractivity contribution in [1.82, 2.24) is 0 Å². The Morgan fingerprint density at radius 3 is 1.45 bits per heavy atom. The third kappa shape index (κ3) is 35.8. The van der Waals surface area contributed by atoms with Crippen molar-refractivity contribution in [3.8, 4) is 0 Å². The predicted molar refractivity (Wildman–Crippen MR) is 275 cm³/mol. The molecule has 0 aromatic carbocycles. The van der Waals surface area contributed by atoms with Crippen molar-refractivity contribution in [2.24, 2.45) is 0 Å². The van der Waals surface area contributed by atoms with Crippen LogP contribution in [0.15, 0.2) is 72.9 Å². The monoisotopic (exact) mass is 971 g/mol. The summed E-state index contributed by atoms with van der Waals surface area (Å²) in [5, 5.41) is 31.3. The van der Waals surface area contributed by atoms with Gasteiger partial charge in [0.1, 0.15) is 18.8 Å². The van der Waals surface area contributed by atoms with E-state index < -0.39 is 67.3 Å². The number of allylic oxidation sites excluding steroid dienone is 12. The van der Waals surface area contributed by atoms with Crippen LogP contribution in [0.25, 0.3) is 0 Å². The number of hydrogen-bond donors (Lipinski definition) is 3. The predicted octanol–water partition coefficient (Wildman–Crippen LogP) is 13.0. The Morgan fingerprint density at radius 2 is 0.942 bits per heavy atom. The van der Waals surface area contributed by atoms with Crippen LogP contribution in [0, 0.1) is 0 Å². The zero-order chi connectivity index (χ0) is 50.4. The van der Waals surface area contributed by atoms with Gasteiger partial charge in [0.15, 0.2) is 24.6 Å².